The molecule has 0 spiro atoms. The Bertz CT molecular complexity index is 1070. The van der Waals surface area contributed by atoms with E-state index in [4.69, 9.17) is 9.94 Å². The Kier molecular flexibility index (Phi) is 10.2. The molecule has 2 heterocycles. The summed E-state index contributed by atoms with van der Waals surface area (Å²) in [5, 5.41) is 11.4. The molecule has 0 radical (unpaired) electrons. The summed E-state index contributed by atoms with van der Waals surface area (Å²) in [6.45, 7) is 3.04. The van der Waals surface area contributed by atoms with Crippen molar-refractivity contribution in [1.29, 1.82) is 0 Å². The van der Waals surface area contributed by atoms with Crippen LogP contribution in [0.5, 0.6) is 5.75 Å². The molecule has 0 fully saturated rings. The largest absolute Gasteiger partial charge is 0.492 e. The Morgan fingerprint density at radius 3 is 2.43 bits per heavy atom. The topological polar surface area (TPSA) is 113 Å². The fraction of sp³-hybridized carbons (Fsp3) is 0.333. The number of aromatic nitrogens is 2. The summed E-state index contributed by atoms with van der Waals surface area (Å²) in [5.41, 5.74) is 4.80. The molecule has 8 heteroatoms. The fourth-order valence-corrected chi connectivity index (χ4v) is 3.86. The van der Waals surface area contributed by atoms with Crippen LogP contribution in [0.2, 0.25) is 0 Å². The third-order valence-corrected chi connectivity index (χ3v) is 5.60. The number of ether oxygens (including phenoxy) is 1. The van der Waals surface area contributed by atoms with Crippen LogP contribution in [0.3, 0.4) is 0 Å². The quantitative estimate of drug-likeness (QED) is 0.193. The lowest BCUT2D eigenvalue weighted by Crippen LogP contribution is -2.24. The van der Waals surface area contributed by atoms with E-state index in [0.717, 1.165) is 36.2 Å². The van der Waals surface area contributed by atoms with Crippen molar-refractivity contribution >= 4 is 11.8 Å². The van der Waals surface area contributed by atoms with Gasteiger partial charge in [0.05, 0.1) is 23.9 Å². The predicted octanol–water partition coefficient (Wildman–Crippen LogP) is 4.24. The van der Waals surface area contributed by atoms with Crippen molar-refractivity contribution < 1.29 is 19.5 Å². The number of carbonyl (C=O) groups is 2. The second kappa shape index (κ2) is 13.8. The van der Waals surface area contributed by atoms with Gasteiger partial charge in [-0.3, -0.25) is 24.8 Å². The van der Waals surface area contributed by atoms with Crippen LogP contribution in [0, 0.1) is 0 Å². The molecular weight excluding hydrogens is 444 g/mol. The lowest BCUT2D eigenvalue weighted by molar-refractivity contribution is -0.129. The highest BCUT2D eigenvalue weighted by Gasteiger charge is 2.23. The molecule has 184 valence electrons. The number of amides is 2. The first-order valence-electron chi connectivity index (χ1n) is 11.9. The summed E-state index contributed by atoms with van der Waals surface area (Å²) in [5.74, 6) is -0.0175. The summed E-state index contributed by atoms with van der Waals surface area (Å²) >= 11 is 0. The minimum absolute atomic E-state index is 0.126. The van der Waals surface area contributed by atoms with Gasteiger partial charge >= 0.3 is 0 Å². The molecule has 0 aliphatic rings. The number of hydrogen-bond donors (Lipinski definition) is 3. The van der Waals surface area contributed by atoms with Gasteiger partial charge in [0, 0.05) is 30.9 Å². The van der Waals surface area contributed by atoms with E-state index < -0.39 is 0 Å². The maximum atomic E-state index is 12.6. The molecule has 2 aromatic heterocycles. The van der Waals surface area contributed by atoms with Crippen LogP contribution in [0.1, 0.15) is 72.3 Å². The van der Waals surface area contributed by atoms with Gasteiger partial charge in [-0.05, 0) is 61.7 Å². The number of hydrogen-bond acceptors (Lipinski definition) is 6. The molecule has 0 aliphatic heterocycles. The number of nitrogens with zero attached hydrogens (tertiary/aromatic N) is 2. The van der Waals surface area contributed by atoms with Gasteiger partial charge in [-0.25, -0.2) is 5.48 Å². The zero-order chi connectivity index (χ0) is 24.9. The van der Waals surface area contributed by atoms with Crippen molar-refractivity contribution in [3.63, 3.8) is 0 Å². The molecule has 0 saturated heterocycles. The van der Waals surface area contributed by atoms with Crippen molar-refractivity contribution in [2.45, 2.75) is 44.9 Å². The first kappa shape index (κ1) is 25.8. The summed E-state index contributed by atoms with van der Waals surface area (Å²) < 4.78 is 5.83. The van der Waals surface area contributed by atoms with Gasteiger partial charge in [0.2, 0.25) is 5.91 Å². The summed E-state index contributed by atoms with van der Waals surface area (Å²) in [6, 6.07) is 17.0. The minimum atomic E-state index is -0.371. The van der Waals surface area contributed by atoms with Crippen LogP contribution < -0.4 is 15.5 Å². The maximum Gasteiger partial charge on any atom is 0.251 e. The zero-order valence-corrected chi connectivity index (χ0v) is 19.9. The number of hydroxylamine groups is 1. The molecule has 0 bridgehead atoms. The Labute approximate surface area is 205 Å². The molecule has 0 aliphatic carbocycles. The smallest absolute Gasteiger partial charge is 0.251 e. The second-order valence-corrected chi connectivity index (χ2v) is 8.08. The lowest BCUT2D eigenvalue weighted by atomic mass is 9.90. The van der Waals surface area contributed by atoms with Crippen molar-refractivity contribution in [3.05, 3.63) is 89.5 Å². The highest BCUT2D eigenvalue weighted by Crippen LogP contribution is 2.34. The molecule has 0 saturated carbocycles. The highest BCUT2D eigenvalue weighted by atomic mass is 16.5. The summed E-state index contributed by atoms with van der Waals surface area (Å²) in [6.07, 6.45) is 7.11. The number of rotatable bonds is 13. The number of carbonyl (C=O) groups excluding carboxylic acids is 2. The number of pyridine rings is 2. The minimum Gasteiger partial charge on any atom is -0.492 e. The van der Waals surface area contributed by atoms with Gasteiger partial charge in [0.1, 0.15) is 5.75 Å². The monoisotopic (exact) mass is 476 g/mol. The third kappa shape index (κ3) is 7.61. The van der Waals surface area contributed by atoms with Crippen molar-refractivity contribution in [2.75, 3.05) is 13.2 Å². The Morgan fingerprint density at radius 1 is 0.943 bits per heavy atom. The van der Waals surface area contributed by atoms with Crippen LogP contribution in [0.15, 0.2) is 67.0 Å². The van der Waals surface area contributed by atoms with E-state index in [1.807, 2.05) is 61.5 Å². The maximum absolute atomic E-state index is 12.6. The molecule has 3 aromatic rings. The van der Waals surface area contributed by atoms with Gasteiger partial charge in [-0.2, -0.15) is 0 Å². The molecule has 2 amide bonds. The molecule has 8 nitrogen and oxygen atoms in total. The molecular formula is C27H32N4O4. The summed E-state index contributed by atoms with van der Waals surface area (Å²) in [7, 11) is 0. The van der Waals surface area contributed by atoms with Crippen LogP contribution in [0.4, 0.5) is 0 Å². The first-order valence-corrected chi connectivity index (χ1v) is 11.9. The van der Waals surface area contributed by atoms with E-state index in [0.29, 0.717) is 37.3 Å². The van der Waals surface area contributed by atoms with Gasteiger partial charge in [-0.15, -0.1) is 0 Å². The molecule has 35 heavy (non-hydrogen) atoms. The normalized spacial score (nSPS) is 11.5. The standard InChI is InChI=1S/C27H32N4O4/c1-2-35-23-11-9-19-29-26(23)25(22-10-6-8-17-28-22)20-13-15-21(16-14-20)27(33)30-18-7-4-3-5-12-24(32)31-34/h6,8-11,13-17,19,25,34H,2-5,7,12,18H2,1H3,(H,30,33)(H,31,32). The predicted molar refractivity (Wildman–Crippen MR) is 132 cm³/mol. The Hall–Kier alpha value is -3.78. The van der Waals surface area contributed by atoms with E-state index in [-0.39, 0.29) is 17.7 Å². The average Bonchev–Trinajstić information content (AvgIpc) is 2.90. The van der Waals surface area contributed by atoms with E-state index in [2.05, 4.69) is 15.3 Å². The Morgan fingerprint density at radius 2 is 1.71 bits per heavy atom. The second-order valence-electron chi connectivity index (χ2n) is 8.08. The van der Waals surface area contributed by atoms with Gasteiger partial charge < -0.3 is 10.1 Å². The van der Waals surface area contributed by atoms with Gasteiger partial charge in [0.15, 0.2) is 0 Å². The van der Waals surface area contributed by atoms with Gasteiger partial charge in [-0.1, -0.05) is 31.0 Å². The first-order chi connectivity index (χ1) is 17.1. The molecule has 1 atom stereocenters. The van der Waals surface area contributed by atoms with Crippen LogP contribution in [-0.4, -0.2) is 40.1 Å². The number of nitrogens with one attached hydrogen (secondary N) is 2. The fourth-order valence-electron chi connectivity index (χ4n) is 3.86. The summed E-state index contributed by atoms with van der Waals surface area (Å²) in [4.78, 5) is 32.8. The van der Waals surface area contributed by atoms with E-state index >= 15 is 0 Å². The lowest BCUT2D eigenvalue weighted by Gasteiger charge is -2.20. The van der Waals surface area contributed by atoms with Gasteiger partial charge in [0.25, 0.3) is 5.91 Å². The van der Waals surface area contributed by atoms with Crippen LogP contribution >= 0.6 is 0 Å². The zero-order valence-electron chi connectivity index (χ0n) is 19.9. The average molecular weight is 477 g/mol. The van der Waals surface area contributed by atoms with E-state index in [1.54, 1.807) is 17.9 Å². The number of unbranched alkanes of at least 4 members (excludes halogenated alkanes) is 3. The Balaban J connectivity index is 1.65. The SMILES string of the molecule is CCOc1cccnc1C(c1ccc(C(=O)NCCCCCCC(=O)NO)cc1)c1ccccn1. The van der Waals surface area contributed by atoms with E-state index in [1.165, 1.54) is 0 Å². The highest BCUT2D eigenvalue weighted by molar-refractivity contribution is 5.94. The van der Waals surface area contributed by atoms with Crippen molar-refractivity contribution in [3.8, 4) is 5.75 Å². The van der Waals surface area contributed by atoms with Crippen molar-refractivity contribution in [2.24, 2.45) is 0 Å². The number of benzene rings is 1. The third-order valence-electron chi connectivity index (χ3n) is 5.60. The molecule has 3 rings (SSSR count). The molecule has 1 unspecified atom stereocenters. The molecule has 1 aromatic carbocycles. The van der Waals surface area contributed by atoms with Crippen molar-refractivity contribution in [1.82, 2.24) is 20.8 Å². The van der Waals surface area contributed by atoms with Crippen LogP contribution in [0.25, 0.3) is 0 Å². The van der Waals surface area contributed by atoms with Crippen LogP contribution in [-0.2, 0) is 4.79 Å². The molecule has 3 N–H and O–H groups in total. The van der Waals surface area contributed by atoms with E-state index in [9.17, 15) is 9.59 Å².